The maximum atomic E-state index is 13.0. The number of hydrogen-bond acceptors (Lipinski definition) is 3. The van der Waals surface area contributed by atoms with Gasteiger partial charge < -0.3 is 0 Å². The van der Waals surface area contributed by atoms with Gasteiger partial charge in [0.15, 0.2) is 0 Å². The van der Waals surface area contributed by atoms with E-state index >= 15 is 0 Å². The predicted octanol–water partition coefficient (Wildman–Crippen LogP) is 4.05. The highest BCUT2D eigenvalue weighted by molar-refractivity contribution is 7.90. The molecule has 0 saturated heterocycles. The zero-order chi connectivity index (χ0) is 15.9. The highest BCUT2D eigenvalue weighted by Gasteiger charge is 2.24. The van der Waals surface area contributed by atoms with Crippen LogP contribution in [0.1, 0.15) is 25.6 Å². The van der Waals surface area contributed by atoms with E-state index in [2.05, 4.69) is 4.98 Å². The van der Waals surface area contributed by atoms with Crippen LogP contribution < -0.4 is 0 Å². The molecule has 0 aliphatic rings. The Kier molecular flexibility index (Phi) is 3.70. The van der Waals surface area contributed by atoms with Crippen LogP contribution in [0, 0.1) is 0 Å². The molecule has 3 aromatic rings. The summed E-state index contributed by atoms with van der Waals surface area (Å²) in [5, 5.41) is 1.86. The molecule has 0 fully saturated rings. The van der Waals surface area contributed by atoms with Gasteiger partial charge in [-0.05, 0) is 12.1 Å². The van der Waals surface area contributed by atoms with E-state index in [1.165, 1.54) is 16.4 Å². The first-order chi connectivity index (χ1) is 10.4. The smallest absolute Gasteiger partial charge is 0.240 e. The van der Waals surface area contributed by atoms with Gasteiger partial charge in [-0.1, -0.05) is 49.7 Å². The quantitative estimate of drug-likeness (QED) is 0.726. The summed E-state index contributed by atoms with van der Waals surface area (Å²) in [6.07, 6.45) is 2.99. The lowest BCUT2D eigenvalue weighted by molar-refractivity contribution is 0.582. The summed E-state index contributed by atoms with van der Waals surface area (Å²) in [6.45, 7) is 3.82. The Morgan fingerprint density at radius 3 is 2.45 bits per heavy atom. The Balaban J connectivity index is 2.31. The Morgan fingerprint density at radius 2 is 1.77 bits per heavy atom. The summed E-state index contributed by atoms with van der Waals surface area (Å²) >= 11 is 6.17. The molecular weight excluding hydrogens is 320 g/mol. The second-order valence-electron chi connectivity index (χ2n) is 5.33. The minimum Gasteiger partial charge on any atom is -0.240 e. The lowest BCUT2D eigenvalue weighted by Crippen LogP contribution is -2.16. The molecule has 0 radical (unpaired) electrons. The van der Waals surface area contributed by atoms with Crippen molar-refractivity contribution in [2.75, 3.05) is 0 Å². The lowest BCUT2D eigenvalue weighted by atomic mass is 10.1. The topological polar surface area (TPSA) is 52.0 Å². The molecular formula is C16H15ClN2O2S. The first-order valence-corrected chi connectivity index (χ1v) is 8.71. The van der Waals surface area contributed by atoms with Crippen LogP contribution in [0.25, 0.3) is 10.8 Å². The van der Waals surface area contributed by atoms with Crippen LogP contribution in [0.4, 0.5) is 0 Å². The number of aromatic nitrogens is 2. The third-order valence-electron chi connectivity index (χ3n) is 3.52. The average Bonchev–Trinajstić information content (AvgIpc) is 2.98. The van der Waals surface area contributed by atoms with E-state index in [4.69, 9.17) is 11.6 Å². The molecule has 3 rings (SSSR count). The van der Waals surface area contributed by atoms with Crippen LogP contribution in [0.3, 0.4) is 0 Å². The second-order valence-corrected chi connectivity index (χ2v) is 7.52. The molecule has 0 atom stereocenters. The van der Waals surface area contributed by atoms with Gasteiger partial charge in [0.25, 0.3) is 10.0 Å². The number of halogens is 1. The van der Waals surface area contributed by atoms with Crippen LogP contribution in [0.15, 0.2) is 53.7 Å². The third kappa shape index (κ3) is 2.30. The fourth-order valence-corrected chi connectivity index (χ4v) is 4.33. The van der Waals surface area contributed by atoms with E-state index < -0.39 is 10.0 Å². The molecule has 0 aliphatic carbocycles. The van der Waals surface area contributed by atoms with Gasteiger partial charge >= 0.3 is 0 Å². The van der Waals surface area contributed by atoms with E-state index in [1.54, 1.807) is 24.3 Å². The monoisotopic (exact) mass is 334 g/mol. The molecule has 0 amide bonds. The molecule has 0 saturated carbocycles. The zero-order valence-corrected chi connectivity index (χ0v) is 13.8. The van der Waals surface area contributed by atoms with E-state index in [9.17, 15) is 8.42 Å². The molecule has 22 heavy (non-hydrogen) atoms. The molecule has 0 aliphatic heterocycles. The predicted molar refractivity (Wildman–Crippen MR) is 87.9 cm³/mol. The molecule has 1 heterocycles. The molecule has 114 valence electrons. The minimum absolute atomic E-state index is 0.00309. The van der Waals surface area contributed by atoms with Crippen LogP contribution >= 0.6 is 11.6 Å². The van der Waals surface area contributed by atoms with Crippen LogP contribution in [0.2, 0.25) is 5.02 Å². The molecule has 2 aromatic carbocycles. The molecule has 0 spiro atoms. The van der Waals surface area contributed by atoms with Crippen molar-refractivity contribution in [3.05, 3.63) is 59.6 Å². The summed E-state index contributed by atoms with van der Waals surface area (Å²) in [5.41, 5.74) is 0. The second kappa shape index (κ2) is 5.41. The fourth-order valence-electron chi connectivity index (χ4n) is 2.48. The normalized spacial score (nSPS) is 12.2. The third-order valence-corrected chi connectivity index (χ3v) is 5.59. The molecule has 0 unspecified atom stereocenters. The van der Waals surface area contributed by atoms with Crippen molar-refractivity contribution in [2.45, 2.75) is 24.7 Å². The Bertz CT molecular complexity index is 946. The first-order valence-electron chi connectivity index (χ1n) is 6.89. The van der Waals surface area contributed by atoms with Gasteiger partial charge in [0.1, 0.15) is 5.82 Å². The van der Waals surface area contributed by atoms with Crippen molar-refractivity contribution < 1.29 is 8.42 Å². The largest absolute Gasteiger partial charge is 0.269 e. The summed E-state index contributed by atoms with van der Waals surface area (Å²) in [5.74, 6) is 0.516. The van der Waals surface area contributed by atoms with E-state index in [1.807, 2.05) is 26.0 Å². The molecule has 0 N–H and O–H groups in total. The number of rotatable bonds is 3. The van der Waals surface area contributed by atoms with Crippen molar-refractivity contribution in [3.8, 4) is 0 Å². The van der Waals surface area contributed by atoms with Gasteiger partial charge in [0.2, 0.25) is 0 Å². The van der Waals surface area contributed by atoms with Gasteiger partial charge in [-0.2, -0.15) is 0 Å². The maximum absolute atomic E-state index is 13.0. The number of nitrogens with zero attached hydrogens (tertiary/aromatic N) is 2. The van der Waals surface area contributed by atoms with E-state index in [0.29, 0.717) is 16.2 Å². The van der Waals surface area contributed by atoms with Crippen molar-refractivity contribution >= 4 is 32.4 Å². The number of fused-ring (bicyclic) bond motifs is 1. The molecule has 4 nitrogen and oxygen atoms in total. The summed E-state index contributed by atoms with van der Waals surface area (Å²) in [4.78, 5) is 4.39. The van der Waals surface area contributed by atoms with Crippen LogP contribution in [0.5, 0.6) is 0 Å². The fraction of sp³-hybridized carbons (Fsp3) is 0.188. The number of hydrogen-bond donors (Lipinski definition) is 0. The summed E-state index contributed by atoms with van der Waals surface area (Å²) in [6, 6.07) is 10.4. The van der Waals surface area contributed by atoms with Crippen molar-refractivity contribution in [3.63, 3.8) is 0 Å². The maximum Gasteiger partial charge on any atom is 0.269 e. The van der Waals surface area contributed by atoms with Gasteiger partial charge in [-0.15, -0.1) is 0 Å². The van der Waals surface area contributed by atoms with Gasteiger partial charge in [0.05, 0.1) is 4.90 Å². The molecule has 1 aromatic heterocycles. The zero-order valence-electron chi connectivity index (χ0n) is 12.2. The highest BCUT2D eigenvalue weighted by Crippen LogP contribution is 2.31. The van der Waals surface area contributed by atoms with E-state index in [0.717, 1.165) is 5.39 Å². The standard InChI is InChI=1S/C16H15ClN2O2S/c1-11(2)16-18-9-10-19(16)22(20,21)15-8-7-14(17)12-5-3-4-6-13(12)15/h3-11H,1-2H3. The number of benzene rings is 2. The number of imidazole rings is 1. The van der Waals surface area contributed by atoms with Crippen molar-refractivity contribution in [2.24, 2.45) is 0 Å². The van der Waals surface area contributed by atoms with Gasteiger partial charge in [-0.3, -0.25) is 0 Å². The molecule has 6 heteroatoms. The Labute approximate surface area is 134 Å². The SMILES string of the molecule is CC(C)c1nccn1S(=O)(=O)c1ccc(Cl)c2ccccc12. The van der Waals surface area contributed by atoms with Gasteiger partial charge in [0, 0.05) is 34.1 Å². The Morgan fingerprint density at radius 1 is 1.09 bits per heavy atom. The van der Waals surface area contributed by atoms with Crippen LogP contribution in [-0.2, 0) is 10.0 Å². The van der Waals surface area contributed by atoms with Crippen molar-refractivity contribution in [1.29, 1.82) is 0 Å². The summed E-state index contributed by atoms with van der Waals surface area (Å²) in [7, 11) is -3.72. The average molecular weight is 335 g/mol. The van der Waals surface area contributed by atoms with Gasteiger partial charge in [-0.25, -0.2) is 17.4 Å². The summed E-state index contributed by atoms with van der Waals surface area (Å²) < 4.78 is 27.3. The van der Waals surface area contributed by atoms with Crippen molar-refractivity contribution in [1.82, 2.24) is 8.96 Å². The lowest BCUT2D eigenvalue weighted by Gasteiger charge is -2.13. The first kappa shape index (κ1) is 15.1. The highest BCUT2D eigenvalue weighted by atomic mass is 35.5. The minimum atomic E-state index is -3.72. The molecule has 0 bridgehead atoms. The van der Waals surface area contributed by atoms with E-state index in [-0.39, 0.29) is 10.8 Å². The Hall–Kier alpha value is -1.85. The van der Waals surface area contributed by atoms with Crippen LogP contribution in [-0.4, -0.2) is 17.4 Å².